The zero-order chi connectivity index (χ0) is 19.4. The summed E-state index contributed by atoms with van der Waals surface area (Å²) in [4.78, 5) is 4.59. The summed E-state index contributed by atoms with van der Waals surface area (Å²) in [5, 5.41) is 0.528. The first-order valence-corrected chi connectivity index (χ1v) is 10.9. The maximum Gasteiger partial charge on any atom is 0.256 e. The van der Waals surface area contributed by atoms with E-state index in [1.807, 2.05) is 31.2 Å². The van der Waals surface area contributed by atoms with Crippen molar-refractivity contribution in [2.45, 2.75) is 23.5 Å². The maximum absolute atomic E-state index is 12.2. The molecule has 2 aromatic carbocycles. The Morgan fingerprint density at radius 2 is 2.00 bits per heavy atom. The number of ether oxygens (including phenoxy) is 1. The summed E-state index contributed by atoms with van der Waals surface area (Å²) in [6.07, 6.45) is 0.845. The molecule has 3 aromatic rings. The van der Waals surface area contributed by atoms with Crippen molar-refractivity contribution >= 4 is 32.9 Å². The predicted octanol–water partition coefficient (Wildman–Crippen LogP) is 3.95. The van der Waals surface area contributed by atoms with Gasteiger partial charge in [0.05, 0.1) is 11.5 Å². The molecule has 0 bridgehead atoms. The molecule has 0 aliphatic heterocycles. The first-order valence-electron chi connectivity index (χ1n) is 8.51. The van der Waals surface area contributed by atoms with Crippen molar-refractivity contribution < 1.29 is 17.6 Å². The molecule has 0 saturated heterocycles. The van der Waals surface area contributed by atoms with Gasteiger partial charge in [-0.25, -0.2) is 17.7 Å². The minimum Gasteiger partial charge on any atom is -0.494 e. The van der Waals surface area contributed by atoms with Crippen LogP contribution >= 0.6 is 11.8 Å². The molecule has 0 fully saturated rings. The summed E-state index contributed by atoms with van der Waals surface area (Å²) in [6, 6.07) is 12.7. The normalized spacial score (nSPS) is 12.0. The lowest BCUT2D eigenvalue weighted by Crippen LogP contribution is -2.22. The topological polar surface area (TPSA) is 72.6 Å². The van der Waals surface area contributed by atoms with Gasteiger partial charge in [0.1, 0.15) is 11.3 Å². The van der Waals surface area contributed by atoms with E-state index >= 15 is 0 Å². The van der Waals surface area contributed by atoms with Gasteiger partial charge in [-0.2, -0.15) is 0 Å². The third-order valence-corrected chi connectivity index (χ3v) is 6.62. The predicted molar refractivity (Wildman–Crippen MR) is 107 cm³/mol. The van der Waals surface area contributed by atoms with Crippen molar-refractivity contribution in [3.05, 3.63) is 48.0 Å². The quantitative estimate of drug-likeness (QED) is 0.417. The van der Waals surface area contributed by atoms with Crippen LogP contribution in [-0.4, -0.2) is 44.2 Å². The van der Waals surface area contributed by atoms with Gasteiger partial charge in [0.2, 0.25) is 10.0 Å². The number of aromatic nitrogens is 1. The lowest BCUT2D eigenvalue weighted by atomic mass is 10.2. The molecular weight excluding hydrogens is 384 g/mol. The van der Waals surface area contributed by atoms with E-state index in [0.29, 0.717) is 22.9 Å². The molecule has 0 atom stereocenters. The first kappa shape index (κ1) is 19.7. The Hall–Kier alpha value is -2.03. The van der Waals surface area contributed by atoms with Crippen LogP contribution in [0.3, 0.4) is 0 Å². The van der Waals surface area contributed by atoms with Gasteiger partial charge in [-0.1, -0.05) is 23.9 Å². The zero-order valence-electron chi connectivity index (χ0n) is 15.5. The Bertz CT molecular complexity index is 1030. The zero-order valence-corrected chi connectivity index (χ0v) is 17.1. The van der Waals surface area contributed by atoms with Crippen LogP contribution in [0.5, 0.6) is 5.75 Å². The molecule has 0 radical (unpaired) electrons. The number of hydrogen-bond donors (Lipinski definition) is 0. The summed E-state index contributed by atoms with van der Waals surface area (Å²) in [5.74, 6) is 1.66. The Balaban J connectivity index is 1.56. The Morgan fingerprint density at radius 3 is 2.74 bits per heavy atom. The molecule has 0 amide bonds. The summed E-state index contributed by atoms with van der Waals surface area (Å²) < 4.78 is 37.0. The Kier molecular flexibility index (Phi) is 6.08. The smallest absolute Gasteiger partial charge is 0.256 e. The van der Waals surface area contributed by atoms with Crippen LogP contribution in [0.4, 0.5) is 0 Å². The number of nitrogens with zero attached hydrogens (tertiary/aromatic N) is 2. The second-order valence-electron chi connectivity index (χ2n) is 6.26. The van der Waals surface area contributed by atoms with Crippen molar-refractivity contribution in [2.24, 2.45) is 0 Å². The van der Waals surface area contributed by atoms with Gasteiger partial charge in [-0.3, -0.25) is 0 Å². The van der Waals surface area contributed by atoms with Crippen molar-refractivity contribution in [3.8, 4) is 5.75 Å². The monoisotopic (exact) mass is 406 g/mol. The fourth-order valence-electron chi connectivity index (χ4n) is 2.43. The Morgan fingerprint density at radius 1 is 1.19 bits per heavy atom. The fraction of sp³-hybridized carbons (Fsp3) is 0.316. The molecule has 1 heterocycles. The summed E-state index contributed by atoms with van der Waals surface area (Å²) in [6.45, 7) is 2.65. The van der Waals surface area contributed by atoms with Crippen molar-refractivity contribution in [2.75, 3.05) is 26.5 Å². The highest BCUT2D eigenvalue weighted by Crippen LogP contribution is 2.26. The molecular formula is C19H22N2O4S2. The number of aryl methyl sites for hydroxylation is 1. The minimum absolute atomic E-state index is 0.205. The molecule has 0 N–H and O–H groups in total. The highest BCUT2D eigenvalue weighted by Gasteiger charge is 2.18. The molecule has 0 aliphatic carbocycles. The third-order valence-electron chi connectivity index (χ3n) is 3.89. The molecule has 0 saturated carbocycles. The number of fused-ring (bicyclic) bond motifs is 1. The number of oxazole rings is 1. The molecule has 0 spiro atoms. The second-order valence-corrected chi connectivity index (χ2v) is 9.46. The van der Waals surface area contributed by atoms with Gasteiger partial charge in [0.25, 0.3) is 5.22 Å². The van der Waals surface area contributed by atoms with E-state index in [1.54, 1.807) is 12.1 Å². The number of rotatable bonds is 8. The van der Waals surface area contributed by atoms with Crippen LogP contribution in [-0.2, 0) is 10.0 Å². The van der Waals surface area contributed by atoms with Crippen molar-refractivity contribution in [3.63, 3.8) is 0 Å². The van der Waals surface area contributed by atoms with Crippen LogP contribution in [0, 0.1) is 6.92 Å². The Labute approximate surface area is 163 Å². The molecule has 27 heavy (non-hydrogen) atoms. The van der Waals surface area contributed by atoms with Crippen LogP contribution in [0.1, 0.15) is 12.0 Å². The largest absolute Gasteiger partial charge is 0.494 e. The van der Waals surface area contributed by atoms with E-state index in [4.69, 9.17) is 9.15 Å². The van der Waals surface area contributed by atoms with E-state index in [9.17, 15) is 8.42 Å². The number of thioether (sulfide) groups is 1. The summed E-state index contributed by atoms with van der Waals surface area (Å²) in [5.41, 5.74) is 2.28. The molecule has 1 aromatic heterocycles. The molecule has 8 heteroatoms. The van der Waals surface area contributed by atoms with Gasteiger partial charge in [-0.15, -0.1) is 0 Å². The highest BCUT2D eigenvalue weighted by molar-refractivity contribution is 7.99. The summed E-state index contributed by atoms with van der Waals surface area (Å²) >= 11 is 1.49. The second kappa shape index (κ2) is 8.33. The standard InChI is InChI=1S/C19H22N2O4S2/c1-14-6-4-7-15(12-14)24-10-5-11-26-19-20-17-13-16(8-9-18(17)25-19)27(22,23)21(2)3/h4,6-9,12-13H,5,10-11H2,1-3H3. The number of benzene rings is 2. The fourth-order valence-corrected chi connectivity index (χ4v) is 4.10. The number of sulfonamides is 1. The van der Waals surface area contributed by atoms with Crippen LogP contribution in [0.2, 0.25) is 0 Å². The minimum atomic E-state index is -3.48. The van der Waals surface area contributed by atoms with Gasteiger partial charge in [0, 0.05) is 19.8 Å². The summed E-state index contributed by atoms with van der Waals surface area (Å²) in [7, 11) is -0.480. The lowest BCUT2D eigenvalue weighted by Gasteiger charge is -2.10. The van der Waals surface area contributed by atoms with Crippen LogP contribution in [0.25, 0.3) is 11.1 Å². The molecule has 0 unspecified atom stereocenters. The van der Waals surface area contributed by atoms with E-state index in [1.165, 1.54) is 41.8 Å². The maximum atomic E-state index is 12.2. The van der Waals surface area contributed by atoms with E-state index < -0.39 is 10.0 Å². The first-order chi connectivity index (χ1) is 12.9. The highest BCUT2D eigenvalue weighted by atomic mass is 32.2. The molecule has 0 aliphatic rings. The van der Waals surface area contributed by atoms with Crippen LogP contribution in [0.15, 0.2) is 57.0 Å². The van der Waals surface area contributed by atoms with E-state index in [2.05, 4.69) is 4.98 Å². The van der Waals surface area contributed by atoms with Gasteiger partial charge >= 0.3 is 0 Å². The van der Waals surface area contributed by atoms with Gasteiger partial charge < -0.3 is 9.15 Å². The SMILES string of the molecule is Cc1cccc(OCCCSc2nc3cc(S(=O)(=O)N(C)C)ccc3o2)c1. The molecule has 3 rings (SSSR count). The third kappa shape index (κ3) is 4.82. The van der Waals surface area contributed by atoms with E-state index in [0.717, 1.165) is 17.9 Å². The van der Waals surface area contributed by atoms with E-state index in [-0.39, 0.29) is 4.90 Å². The van der Waals surface area contributed by atoms with Crippen molar-refractivity contribution in [1.82, 2.24) is 9.29 Å². The molecule has 6 nitrogen and oxygen atoms in total. The average molecular weight is 407 g/mol. The average Bonchev–Trinajstić information content (AvgIpc) is 3.03. The van der Waals surface area contributed by atoms with Gasteiger partial charge in [0.15, 0.2) is 5.58 Å². The number of hydrogen-bond acceptors (Lipinski definition) is 6. The van der Waals surface area contributed by atoms with Crippen molar-refractivity contribution in [1.29, 1.82) is 0 Å². The van der Waals surface area contributed by atoms with Crippen LogP contribution < -0.4 is 4.74 Å². The lowest BCUT2D eigenvalue weighted by molar-refractivity contribution is 0.318. The van der Waals surface area contributed by atoms with Gasteiger partial charge in [-0.05, 0) is 49.2 Å². The molecule has 144 valence electrons.